The average Bonchev–Trinajstić information content (AvgIpc) is 2.86. The molecule has 0 aliphatic heterocycles. The lowest BCUT2D eigenvalue weighted by Gasteiger charge is -2.21. The van der Waals surface area contributed by atoms with Crippen LogP contribution in [0.2, 0.25) is 0 Å². The van der Waals surface area contributed by atoms with Crippen LogP contribution in [0.3, 0.4) is 0 Å². The number of hydrogen-bond donors (Lipinski definition) is 2. The molecule has 0 aliphatic rings. The van der Waals surface area contributed by atoms with Crippen molar-refractivity contribution in [3.63, 3.8) is 0 Å². The Labute approximate surface area is 210 Å². The highest BCUT2D eigenvalue weighted by Crippen LogP contribution is 2.13. The van der Waals surface area contributed by atoms with Crippen molar-refractivity contribution in [2.75, 3.05) is 13.2 Å². The molecule has 2 aromatic carbocycles. The highest BCUT2D eigenvalue weighted by molar-refractivity contribution is 5.94. The van der Waals surface area contributed by atoms with Gasteiger partial charge in [0.05, 0.1) is 0 Å². The third-order valence-electron chi connectivity index (χ3n) is 5.96. The van der Waals surface area contributed by atoms with E-state index in [0.29, 0.717) is 25.2 Å². The minimum absolute atomic E-state index is 0.0595. The maximum Gasteiger partial charge on any atom is 0.331 e. The smallest absolute Gasteiger partial charge is 0.331 e. The van der Waals surface area contributed by atoms with Gasteiger partial charge in [-0.25, -0.2) is 4.79 Å². The summed E-state index contributed by atoms with van der Waals surface area (Å²) in [6, 6.07) is 17.1. The highest BCUT2D eigenvalue weighted by atomic mass is 16.7. The molecular weight excluding hydrogens is 440 g/mol. The average molecular weight is 483 g/mol. The number of hydroxylamine groups is 2. The zero-order chi connectivity index (χ0) is 25.1. The van der Waals surface area contributed by atoms with Crippen molar-refractivity contribution in [1.29, 1.82) is 0 Å². The molecule has 6 heteroatoms. The van der Waals surface area contributed by atoms with Gasteiger partial charge in [0.15, 0.2) is 6.61 Å². The lowest BCUT2D eigenvalue weighted by atomic mass is 10.1. The van der Waals surface area contributed by atoms with Gasteiger partial charge in [0.2, 0.25) is 0 Å². The van der Waals surface area contributed by atoms with Crippen LogP contribution in [0.1, 0.15) is 92.6 Å². The molecule has 192 valence electrons. The first-order valence-corrected chi connectivity index (χ1v) is 13.1. The number of carboxylic acid groups (broad SMARTS) is 1. The fraction of sp³-hybridized carbons (Fsp3) is 0.517. The van der Waals surface area contributed by atoms with Crippen LogP contribution >= 0.6 is 0 Å². The van der Waals surface area contributed by atoms with E-state index in [0.717, 1.165) is 24.0 Å². The number of benzene rings is 2. The Morgan fingerprint density at radius 3 is 1.89 bits per heavy atom. The second-order valence-electron chi connectivity index (χ2n) is 9.09. The Morgan fingerprint density at radius 1 is 0.771 bits per heavy atom. The van der Waals surface area contributed by atoms with Crippen LogP contribution in [0.25, 0.3) is 0 Å². The number of carboxylic acids is 1. The van der Waals surface area contributed by atoms with Crippen molar-refractivity contribution in [3.8, 4) is 0 Å². The zero-order valence-corrected chi connectivity index (χ0v) is 21.2. The number of carbonyl (C=O) groups excluding carboxylic acids is 1. The van der Waals surface area contributed by atoms with E-state index in [4.69, 9.17) is 9.94 Å². The maximum atomic E-state index is 12.4. The molecule has 0 heterocycles. The maximum absolute atomic E-state index is 12.4. The Balaban J connectivity index is 1.69. The number of unbranched alkanes of at least 4 members (excludes halogenated alkanes) is 9. The van der Waals surface area contributed by atoms with Gasteiger partial charge in [-0.15, -0.1) is 0 Å². The largest absolute Gasteiger partial charge is 0.479 e. The van der Waals surface area contributed by atoms with Crippen molar-refractivity contribution in [2.24, 2.45) is 0 Å². The lowest BCUT2D eigenvalue weighted by molar-refractivity contribution is -0.190. The number of carbonyl (C=O) groups is 2. The van der Waals surface area contributed by atoms with Crippen LogP contribution < -0.4 is 5.32 Å². The Kier molecular flexibility index (Phi) is 14.4. The summed E-state index contributed by atoms with van der Waals surface area (Å²) in [7, 11) is 0. The van der Waals surface area contributed by atoms with Gasteiger partial charge in [0.1, 0.15) is 0 Å². The number of hydrogen-bond acceptors (Lipinski definition) is 4. The van der Waals surface area contributed by atoms with Gasteiger partial charge in [0.25, 0.3) is 5.91 Å². The fourth-order valence-electron chi connectivity index (χ4n) is 3.96. The summed E-state index contributed by atoms with van der Waals surface area (Å²) in [5.74, 6) is -1.08. The lowest BCUT2D eigenvalue weighted by Crippen LogP contribution is -2.26. The minimum atomic E-state index is -1.02. The molecule has 0 unspecified atom stereocenters. The molecular formula is C29H42N2O4. The summed E-state index contributed by atoms with van der Waals surface area (Å²) in [6.45, 7) is 3.44. The number of rotatable bonds is 19. The van der Waals surface area contributed by atoms with Crippen LogP contribution in [-0.2, 0) is 22.7 Å². The summed E-state index contributed by atoms with van der Waals surface area (Å²) in [5.41, 5.74) is 2.60. The first-order chi connectivity index (χ1) is 17.1. The zero-order valence-electron chi connectivity index (χ0n) is 21.2. The third-order valence-corrected chi connectivity index (χ3v) is 5.96. The number of amides is 1. The van der Waals surface area contributed by atoms with Gasteiger partial charge in [0, 0.05) is 25.2 Å². The van der Waals surface area contributed by atoms with E-state index in [9.17, 15) is 9.59 Å². The van der Waals surface area contributed by atoms with Crippen molar-refractivity contribution in [3.05, 3.63) is 71.3 Å². The van der Waals surface area contributed by atoms with E-state index in [2.05, 4.69) is 12.2 Å². The molecule has 35 heavy (non-hydrogen) atoms. The molecule has 2 aromatic rings. The van der Waals surface area contributed by atoms with Crippen LogP contribution in [-0.4, -0.2) is 35.2 Å². The topological polar surface area (TPSA) is 78.9 Å². The normalized spacial score (nSPS) is 11.0. The number of nitrogens with zero attached hydrogens (tertiary/aromatic N) is 1. The second kappa shape index (κ2) is 17.7. The van der Waals surface area contributed by atoms with Crippen molar-refractivity contribution < 1.29 is 19.5 Å². The van der Waals surface area contributed by atoms with E-state index in [1.54, 1.807) is 17.2 Å². The molecule has 0 bridgehead atoms. The van der Waals surface area contributed by atoms with E-state index in [1.807, 2.05) is 42.5 Å². The Hall–Kier alpha value is -2.70. The van der Waals surface area contributed by atoms with E-state index < -0.39 is 12.6 Å². The molecule has 0 aromatic heterocycles. The van der Waals surface area contributed by atoms with Crippen LogP contribution in [0.5, 0.6) is 0 Å². The van der Waals surface area contributed by atoms with Crippen LogP contribution in [0.15, 0.2) is 54.6 Å². The highest BCUT2D eigenvalue weighted by Gasteiger charge is 2.11. The van der Waals surface area contributed by atoms with Gasteiger partial charge in [-0.1, -0.05) is 107 Å². The van der Waals surface area contributed by atoms with Gasteiger partial charge < -0.3 is 10.4 Å². The van der Waals surface area contributed by atoms with E-state index >= 15 is 0 Å². The molecule has 1 amide bonds. The number of aliphatic carboxylic acids is 1. The summed E-state index contributed by atoms with van der Waals surface area (Å²) in [6.07, 6.45) is 12.8. The van der Waals surface area contributed by atoms with Crippen molar-refractivity contribution in [1.82, 2.24) is 10.4 Å². The predicted molar refractivity (Wildman–Crippen MR) is 140 cm³/mol. The molecule has 0 aliphatic carbocycles. The summed E-state index contributed by atoms with van der Waals surface area (Å²) >= 11 is 0. The summed E-state index contributed by atoms with van der Waals surface area (Å²) < 4.78 is 0. The van der Waals surface area contributed by atoms with Gasteiger partial charge in [-0.3, -0.25) is 9.63 Å². The van der Waals surface area contributed by atoms with Gasteiger partial charge in [-0.2, -0.15) is 5.06 Å². The van der Waals surface area contributed by atoms with Crippen molar-refractivity contribution in [2.45, 2.75) is 84.2 Å². The van der Waals surface area contributed by atoms with E-state index in [-0.39, 0.29) is 5.91 Å². The van der Waals surface area contributed by atoms with E-state index in [1.165, 1.54) is 51.4 Å². The molecule has 0 saturated carbocycles. The standard InChI is InChI=1S/C29H42N2O4/c1-2-3-4-5-6-7-8-9-10-14-21-30-29(34)27-19-17-26(18-20-27)23-31(35-24-28(32)33)22-25-15-12-11-13-16-25/h11-13,15-20H,2-10,14,21-24H2,1H3,(H,30,34)(H,32,33). The minimum Gasteiger partial charge on any atom is -0.479 e. The predicted octanol–water partition coefficient (Wildman–Crippen LogP) is 6.36. The van der Waals surface area contributed by atoms with Gasteiger partial charge >= 0.3 is 5.97 Å². The quantitative estimate of drug-likeness (QED) is 0.180. The Bertz CT molecular complexity index is 840. The monoisotopic (exact) mass is 482 g/mol. The molecule has 0 radical (unpaired) electrons. The molecule has 0 saturated heterocycles. The third kappa shape index (κ3) is 13.1. The van der Waals surface area contributed by atoms with Crippen molar-refractivity contribution >= 4 is 11.9 Å². The molecule has 0 fully saturated rings. The Morgan fingerprint density at radius 2 is 1.31 bits per heavy atom. The first-order valence-electron chi connectivity index (χ1n) is 13.1. The molecule has 2 rings (SSSR count). The molecule has 0 atom stereocenters. The second-order valence-corrected chi connectivity index (χ2v) is 9.09. The molecule has 6 nitrogen and oxygen atoms in total. The summed E-state index contributed by atoms with van der Waals surface area (Å²) in [4.78, 5) is 28.9. The van der Waals surface area contributed by atoms with Crippen LogP contribution in [0.4, 0.5) is 0 Å². The molecule has 0 spiro atoms. The first kappa shape index (κ1) is 28.5. The molecule has 2 N–H and O–H groups in total. The summed E-state index contributed by atoms with van der Waals surface area (Å²) in [5, 5.41) is 13.6. The SMILES string of the molecule is CCCCCCCCCCCCNC(=O)c1ccc(CN(Cc2ccccc2)OCC(=O)O)cc1. The van der Waals surface area contributed by atoms with Crippen LogP contribution in [0, 0.1) is 0 Å². The van der Waals surface area contributed by atoms with Gasteiger partial charge in [-0.05, 0) is 29.7 Å². The number of nitrogens with one attached hydrogen (secondary N) is 1. The fourth-order valence-corrected chi connectivity index (χ4v) is 3.96.